The molecule has 2 amide bonds. The molecule has 8 nitrogen and oxygen atoms in total. The summed E-state index contributed by atoms with van der Waals surface area (Å²) in [6.07, 6.45) is 0.691. The molecular weight excluding hydrogens is 557 g/mol. The molecule has 0 fully saturated rings. The molecule has 0 saturated heterocycles. The van der Waals surface area contributed by atoms with Crippen molar-refractivity contribution in [2.45, 2.75) is 50.7 Å². The van der Waals surface area contributed by atoms with Crippen molar-refractivity contribution in [3.63, 3.8) is 0 Å². The molecule has 3 rings (SSSR count). The van der Waals surface area contributed by atoms with Gasteiger partial charge in [-0.2, -0.15) is 0 Å². The second kappa shape index (κ2) is 13.6. The van der Waals surface area contributed by atoms with Gasteiger partial charge in [-0.3, -0.25) is 13.9 Å². The number of amides is 2. The SMILES string of the molecule is CC[C@@H](C)NC(=O)[C@H](C)N(Cc1cccc(OC)c1)C(=O)CN(c1ccc(F)c(Cl)c1)S(=O)(=O)c1ccccc1. The molecule has 2 atom stereocenters. The second-order valence-electron chi connectivity index (χ2n) is 9.29. The van der Waals surface area contributed by atoms with Crippen LogP contribution in [-0.4, -0.2) is 50.9 Å². The van der Waals surface area contributed by atoms with E-state index in [2.05, 4.69) is 5.32 Å². The maximum atomic E-state index is 14.0. The summed E-state index contributed by atoms with van der Waals surface area (Å²) < 4.78 is 47.6. The van der Waals surface area contributed by atoms with Gasteiger partial charge >= 0.3 is 0 Å². The molecule has 3 aromatic rings. The van der Waals surface area contributed by atoms with Crippen molar-refractivity contribution in [1.29, 1.82) is 0 Å². The molecule has 11 heteroatoms. The van der Waals surface area contributed by atoms with E-state index in [9.17, 15) is 22.4 Å². The van der Waals surface area contributed by atoms with Crippen molar-refractivity contribution in [3.8, 4) is 5.75 Å². The van der Waals surface area contributed by atoms with Crippen molar-refractivity contribution >= 4 is 39.1 Å². The monoisotopic (exact) mass is 589 g/mol. The van der Waals surface area contributed by atoms with Crippen LogP contribution in [0.1, 0.15) is 32.8 Å². The summed E-state index contributed by atoms with van der Waals surface area (Å²) in [6, 6.07) is 16.9. The number of hydrogen-bond acceptors (Lipinski definition) is 5. The fraction of sp³-hybridized carbons (Fsp3) is 0.310. The van der Waals surface area contributed by atoms with E-state index in [1.54, 1.807) is 49.4 Å². The molecule has 0 aliphatic rings. The lowest BCUT2D eigenvalue weighted by Crippen LogP contribution is -2.52. The van der Waals surface area contributed by atoms with E-state index in [0.717, 1.165) is 16.4 Å². The topological polar surface area (TPSA) is 96.0 Å². The molecule has 0 heterocycles. The molecule has 40 heavy (non-hydrogen) atoms. The first-order valence-corrected chi connectivity index (χ1v) is 14.5. The van der Waals surface area contributed by atoms with Crippen LogP contribution in [0, 0.1) is 5.82 Å². The standard InChI is InChI=1S/C29H33ClFN3O5S/c1-5-20(2)32-29(36)21(3)33(18-22-10-9-11-24(16-22)39-4)28(35)19-34(23-14-15-27(31)26(30)17-23)40(37,38)25-12-7-6-8-13-25/h6-17,20-21H,5,18-19H2,1-4H3,(H,32,36)/t20-,21+/m1/s1. The zero-order valence-corrected chi connectivity index (χ0v) is 24.4. The van der Waals surface area contributed by atoms with Crippen LogP contribution in [0.3, 0.4) is 0 Å². The Labute approximate surface area is 239 Å². The number of halogens is 2. The second-order valence-corrected chi connectivity index (χ2v) is 11.6. The van der Waals surface area contributed by atoms with E-state index in [4.69, 9.17) is 16.3 Å². The summed E-state index contributed by atoms with van der Waals surface area (Å²) in [6.45, 7) is 4.71. The summed E-state index contributed by atoms with van der Waals surface area (Å²) in [5.41, 5.74) is 0.680. The highest BCUT2D eigenvalue weighted by Gasteiger charge is 2.33. The third kappa shape index (κ3) is 7.51. The third-order valence-electron chi connectivity index (χ3n) is 6.46. The first kappa shape index (κ1) is 30.9. The Hall–Kier alpha value is -3.63. The first-order valence-electron chi connectivity index (χ1n) is 12.7. The zero-order valence-electron chi connectivity index (χ0n) is 22.8. The van der Waals surface area contributed by atoms with Crippen molar-refractivity contribution in [2.24, 2.45) is 0 Å². The number of anilines is 1. The first-order chi connectivity index (χ1) is 19.0. The lowest BCUT2D eigenvalue weighted by atomic mass is 10.1. The Morgan fingerprint density at radius 1 is 1.02 bits per heavy atom. The molecule has 0 bridgehead atoms. The minimum atomic E-state index is -4.28. The molecule has 1 N–H and O–H groups in total. The van der Waals surface area contributed by atoms with Gasteiger partial charge in [0.1, 0.15) is 24.2 Å². The van der Waals surface area contributed by atoms with Crippen LogP contribution in [0.4, 0.5) is 10.1 Å². The van der Waals surface area contributed by atoms with Crippen molar-refractivity contribution < 1.29 is 27.1 Å². The van der Waals surface area contributed by atoms with Crippen LogP contribution in [0.15, 0.2) is 77.7 Å². The van der Waals surface area contributed by atoms with Gasteiger partial charge in [-0.05, 0) is 68.3 Å². The number of carbonyl (C=O) groups is 2. The molecule has 214 valence electrons. The normalized spacial score (nSPS) is 12.8. The van der Waals surface area contributed by atoms with E-state index in [1.807, 2.05) is 13.8 Å². The maximum Gasteiger partial charge on any atom is 0.264 e. The van der Waals surface area contributed by atoms with E-state index in [-0.39, 0.29) is 34.1 Å². The molecule has 0 aliphatic carbocycles. The van der Waals surface area contributed by atoms with Crippen LogP contribution >= 0.6 is 11.6 Å². The van der Waals surface area contributed by atoms with E-state index < -0.39 is 34.3 Å². The largest absolute Gasteiger partial charge is 0.497 e. The number of benzene rings is 3. The highest BCUT2D eigenvalue weighted by molar-refractivity contribution is 7.92. The molecule has 0 aliphatic heterocycles. The predicted octanol–water partition coefficient (Wildman–Crippen LogP) is 5.02. The van der Waals surface area contributed by atoms with Gasteiger partial charge < -0.3 is 15.0 Å². The fourth-order valence-electron chi connectivity index (χ4n) is 3.90. The average molecular weight is 590 g/mol. The summed E-state index contributed by atoms with van der Waals surface area (Å²) >= 11 is 5.99. The molecule has 0 spiro atoms. The quantitative estimate of drug-likeness (QED) is 0.320. The van der Waals surface area contributed by atoms with Gasteiger partial charge in [-0.1, -0.05) is 48.9 Å². The van der Waals surface area contributed by atoms with Gasteiger partial charge in [0.15, 0.2) is 0 Å². The minimum absolute atomic E-state index is 0.00152. The molecule has 0 unspecified atom stereocenters. The van der Waals surface area contributed by atoms with Crippen LogP contribution in [0.25, 0.3) is 0 Å². The van der Waals surface area contributed by atoms with Crippen molar-refractivity contribution in [3.05, 3.63) is 89.2 Å². The number of hydrogen-bond donors (Lipinski definition) is 1. The zero-order chi connectivity index (χ0) is 29.4. The fourth-order valence-corrected chi connectivity index (χ4v) is 5.51. The summed E-state index contributed by atoms with van der Waals surface area (Å²) in [5.74, 6) is -1.19. The number of ether oxygens (including phenoxy) is 1. The number of sulfonamides is 1. The third-order valence-corrected chi connectivity index (χ3v) is 8.53. The molecular formula is C29H33ClFN3O5S. The highest BCUT2D eigenvalue weighted by atomic mass is 35.5. The van der Waals surface area contributed by atoms with E-state index in [1.165, 1.54) is 30.2 Å². The van der Waals surface area contributed by atoms with Gasteiger partial charge in [-0.15, -0.1) is 0 Å². The Bertz CT molecular complexity index is 1440. The summed E-state index contributed by atoms with van der Waals surface area (Å²) in [5, 5.41) is 2.58. The number of methoxy groups -OCH3 is 1. The summed E-state index contributed by atoms with van der Waals surface area (Å²) in [4.78, 5) is 28.3. The number of nitrogens with zero attached hydrogens (tertiary/aromatic N) is 2. The van der Waals surface area contributed by atoms with Crippen molar-refractivity contribution in [1.82, 2.24) is 10.2 Å². The predicted molar refractivity (Wildman–Crippen MR) is 153 cm³/mol. The van der Waals surface area contributed by atoms with Crippen molar-refractivity contribution in [2.75, 3.05) is 18.0 Å². The van der Waals surface area contributed by atoms with E-state index >= 15 is 0 Å². The van der Waals surface area contributed by atoms with Gasteiger partial charge in [0, 0.05) is 12.6 Å². The molecule has 0 radical (unpaired) electrons. The molecule has 3 aromatic carbocycles. The van der Waals surface area contributed by atoms with Crippen LogP contribution in [0.5, 0.6) is 5.75 Å². The Morgan fingerprint density at radius 2 is 1.73 bits per heavy atom. The summed E-state index contributed by atoms with van der Waals surface area (Å²) in [7, 11) is -2.76. The van der Waals surface area contributed by atoms with Gasteiger partial charge in [-0.25, -0.2) is 12.8 Å². The lowest BCUT2D eigenvalue weighted by Gasteiger charge is -2.32. The minimum Gasteiger partial charge on any atom is -0.497 e. The Balaban J connectivity index is 2.05. The number of rotatable bonds is 12. The smallest absolute Gasteiger partial charge is 0.264 e. The lowest BCUT2D eigenvalue weighted by molar-refractivity contribution is -0.139. The Morgan fingerprint density at radius 3 is 2.35 bits per heavy atom. The Kier molecular flexibility index (Phi) is 10.5. The average Bonchev–Trinajstić information content (AvgIpc) is 2.96. The molecule has 0 aromatic heterocycles. The highest BCUT2D eigenvalue weighted by Crippen LogP contribution is 2.28. The van der Waals surface area contributed by atoms with Gasteiger partial charge in [0.25, 0.3) is 10.0 Å². The van der Waals surface area contributed by atoms with E-state index in [0.29, 0.717) is 17.7 Å². The van der Waals surface area contributed by atoms with Crippen LogP contribution < -0.4 is 14.4 Å². The number of carbonyl (C=O) groups excluding carboxylic acids is 2. The maximum absolute atomic E-state index is 14.0. The number of nitrogens with one attached hydrogen (secondary N) is 1. The van der Waals surface area contributed by atoms with Crippen LogP contribution in [0.2, 0.25) is 5.02 Å². The van der Waals surface area contributed by atoms with Gasteiger partial charge in [0.05, 0.1) is 22.7 Å². The van der Waals surface area contributed by atoms with Crippen LogP contribution in [-0.2, 0) is 26.2 Å². The van der Waals surface area contributed by atoms with Gasteiger partial charge in [0.2, 0.25) is 11.8 Å². The molecule has 0 saturated carbocycles.